The van der Waals surface area contributed by atoms with Crippen molar-refractivity contribution in [2.24, 2.45) is 5.92 Å². The van der Waals surface area contributed by atoms with Gasteiger partial charge in [-0.05, 0) is 63.5 Å². The first-order valence-corrected chi connectivity index (χ1v) is 9.94. The van der Waals surface area contributed by atoms with Crippen molar-refractivity contribution in [3.05, 3.63) is 24.0 Å². The van der Waals surface area contributed by atoms with Gasteiger partial charge < -0.3 is 14.4 Å². The highest BCUT2D eigenvalue weighted by molar-refractivity contribution is 5.69. The zero-order valence-corrected chi connectivity index (χ0v) is 16.5. The quantitative estimate of drug-likeness (QED) is 0.703. The molecule has 1 aliphatic heterocycles. The van der Waals surface area contributed by atoms with Crippen molar-refractivity contribution in [3.8, 4) is 5.75 Å². The van der Waals surface area contributed by atoms with Crippen LogP contribution in [0.1, 0.15) is 71.3 Å². The van der Waals surface area contributed by atoms with Gasteiger partial charge in [-0.3, -0.25) is 4.98 Å². The van der Waals surface area contributed by atoms with Gasteiger partial charge in [0.2, 0.25) is 0 Å². The summed E-state index contributed by atoms with van der Waals surface area (Å²) in [6, 6.07) is 2.21. The predicted octanol–water partition coefficient (Wildman–Crippen LogP) is 4.76. The summed E-state index contributed by atoms with van der Waals surface area (Å²) in [7, 11) is 0. The van der Waals surface area contributed by atoms with Crippen molar-refractivity contribution < 1.29 is 14.3 Å². The lowest BCUT2D eigenvalue weighted by Crippen LogP contribution is -2.55. The standard InChI is InChI=1S/C21H32N2O3/c1-5-6-7-15-11-19(15)16-10-18(13-22-12-16)25-14-17-8-9-23(17)20(24)26-21(2,3)4/h10,12-13,15,17,19H,5-9,11,14H2,1-4H3. The number of carbonyl (C=O) groups excluding carboxylic acids is 1. The van der Waals surface area contributed by atoms with E-state index >= 15 is 0 Å². The molecular weight excluding hydrogens is 328 g/mol. The van der Waals surface area contributed by atoms with E-state index < -0.39 is 5.60 Å². The molecule has 0 aromatic carbocycles. The van der Waals surface area contributed by atoms with Crippen molar-refractivity contribution in [3.63, 3.8) is 0 Å². The maximum Gasteiger partial charge on any atom is 0.410 e. The van der Waals surface area contributed by atoms with Gasteiger partial charge in [-0.25, -0.2) is 4.79 Å². The fourth-order valence-electron chi connectivity index (χ4n) is 3.53. The van der Waals surface area contributed by atoms with Crippen LogP contribution in [0.15, 0.2) is 18.5 Å². The van der Waals surface area contributed by atoms with Gasteiger partial charge in [-0.2, -0.15) is 0 Å². The Balaban J connectivity index is 1.48. The Bertz CT molecular complexity index is 626. The Morgan fingerprint density at radius 3 is 2.81 bits per heavy atom. The van der Waals surface area contributed by atoms with E-state index in [1.54, 1.807) is 11.1 Å². The van der Waals surface area contributed by atoms with E-state index in [0.29, 0.717) is 12.5 Å². The second-order valence-electron chi connectivity index (χ2n) is 8.63. The highest BCUT2D eigenvalue weighted by Crippen LogP contribution is 2.50. The molecule has 3 atom stereocenters. The van der Waals surface area contributed by atoms with Gasteiger partial charge in [0.1, 0.15) is 18.0 Å². The second kappa shape index (κ2) is 7.85. The fraction of sp³-hybridized carbons (Fsp3) is 0.714. The highest BCUT2D eigenvalue weighted by Gasteiger charge is 2.38. The molecule has 1 aliphatic carbocycles. The molecule has 1 saturated carbocycles. The molecule has 0 radical (unpaired) electrons. The lowest BCUT2D eigenvalue weighted by molar-refractivity contribution is -0.0141. The van der Waals surface area contributed by atoms with Crippen molar-refractivity contribution in [2.45, 2.75) is 77.4 Å². The van der Waals surface area contributed by atoms with Gasteiger partial charge in [0.25, 0.3) is 0 Å². The molecule has 1 saturated heterocycles. The Morgan fingerprint density at radius 2 is 2.15 bits per heavy atom. The molecule has 1 aromatic heterocycles. The van der Waals surface area contributed by atoms with Gasteiger partial charge in [0, 0.05) is 12.7 Å². The zero-order valence-electron chi connectivity index (χ0n) is 16.5. The maximum atomic E-state index is 12.2. The average Bonchev–Trinajstić information content (AvgIpc) is 3.30. The number of hydrogen-bond donors (Lipinski definition) is 0. The molecular formula is C21H32N2O3. The largest absolute Gasteiger partial charge is 0.490 e. The molecule has 1 aromatic rings. The summed E-state index contributed by atoms with van der Waals surface area (Å²) in [4.78, 5) is 18.3. The van der Waals surface area contributed by atoms with Gasteiger partial charge in [0.15, 0.2) is 0 Å². The molecule has 0 N–H and O–H groups in total. The first kappa shape index (κ1) is 19.0. The SMILES string of the molecule is CCCCC1CC1c1cncc(OCC2CCN2C(=O)OC(C)(C)C)c1. The van der Waals surface area contributed by atoms with Crippen LogP contribution in [0.3, 0.4) is 0 Å². The van der Waals surface area contributed by atoms with Crippen molar-refractivity contribution in [2.75, 3.05) is 13.2 Å². The minimum Gasteiger partial charge on any atom is -0.490 e. The molecule has 0 spiro atoms. The van der Waals surface area contributed by atoms with E-state index in [2.05, 4.69) is 18.0 Å². The third-order valence-electron chi connectivity index (χ3n) is 5.23. The van der Waals surface area contributed by atoms with Crippen molar-refractivity contribution >= 4 is 6.09 Å². The van der Waals surface area contributed by atoms with Crippen molar-refractivity contribution in [1.29, 1.82) is 0 Å². The summed E-state index contributed by atoms with van der Waals surface area (Å²) in [5.74, 6) is 2.28. The molecule has 2 heterocycles. The third kappa shape index (κ3) is 4.89. The molecule has 1 amide bonds. The minimum atomic E-state index is -0.463. The molecule has 0 bridgehead atoms. The van der Waals surface area contributed by atoms with Gasteiger partial charge in [-0.1, -0.05) is 19.8 Å². The smallest absolute Gasteiger partial charge is 0.410 e. The maximum absolute atomic E-state index is 12.2. The number of likely N-dealkylation sites (tertiary alicyclic amines) is 1. The number of unbranched alkanes of at least 4 members (excludes halogenated alkanes) is 1. The van der Waals surface area contributed by atoms with Crippen LogP contribution in [0, 0.1) is 5.92 Å². The van der Waals surface area contributed by atoms with Crippen LogP contribution in [0.2, 0.25) is 0 Å². The summed E-state index contributed by atoms with van der Waals surface area (Å²) in [6.07, 6.45) is 9.62. The van der Waals surface area contributed by atoms with E-state index in [9.17, 15) is 4.79 Å². The van der Waals surface area contributed by atoms with Crippen LogP contribution in [-0.2, 0) is 4.74 Å². The molecule has 2 aliphatic rings. The van der Waals surface area contributed by atoms with Crippen LogP contribution >= 0.6 is 0 Å². The number of hydrogen-bond acceptors (Lipinski definition) is 4. The lowest BCUT2D eigenvalue weighted by atomic mass is 10.1. The van der Waals surface area contributed by atoms with Gasteiger partial charge in [-0.15, -0.1) is 0 Å². The Kier molecular flexibility index (Phi) is 5.73. The zero-order chi connectivity index (χ0) is 18.7. The summed E-state index contributed by atoms with van der Waals surface area (Å²) in [6.45, 7) is 9.14. The lowest BCUT2D eigenvalue weighted by Gasteiger charge is -2.40. The van der Waals surface area contributed by atoms with Gasteiger partial charge >= 0.3 is 6.09 Å². The number of carbonyl (C=O) groups is 1. The number of rotatable bonds is 7. The van der Waals surface area contributed by atoms with Crippen LogP contribution in [0.25, 0.3) is 0 Å². The van der Waals surface area contributed by atoms with E-state index in [1.807, 2.05) is 27.0 Å². The van der Waals surface area contributed by atoms with Crippen LogP contribution < -0.4 is 4.74 Å². The first-order valence-electron chi connectivity index (χ1n) is 9.94. The topological polar surface area (TPSA) is 51.7 Å². The predicted molar refractivity (Wildman–Crippen MR) is 101 cm³/mol. The van der Waals surface area contributed by atoms with Gasteiger partial charge in [0.05, 0.1) is 12.2 Å². The molecule has 5 heteroatoms. The number of nitrogens with zero attached hydrogens (tertiary/aromatic N) is 2. The second-order valence-corrected chi connectivity index (χ2v) is 8.63. The Labute approximate surface area is 157 Å². The van der Waals surface area contributed by atoms with E-state index in [4.69, 9.17) is 9.47 Å². The number of aromatic nitrogens is 1. The van der Waals surface area contributed by atoms with Crippen LogP contribution in [0.4, 0.5) is 4.79 Å². The summed E-state index contributed by atoms with van der Waals surface area (Å²) < 4.78 is 11.4. The third-order valence-corrected chi connectivity index (χ3v) is 5.23. The summed E-state index contributed by atoms with van der Waals surface area (Å²) >= 11 is 0. The fourth-order valence-corrected chi connectivity index (χ4v) is 3.53. The Hall–Kier alpha value is -1.78. The minimum absolute atomic E-state index is 0.0896. The normalized spacial score (nSPS) is 24.8. The van der Waals surface area contributed by atoms with E-state index in [1.165, 1.54) is 31.2 Å². The molecule has 5 nitrogen and oxygen atoms in total. The van der Waals surface area contributed by atoms with Crippen molar-refractivity contribution in [1.82, 2.24) is 9.88 Å². The molecule has 2 fully saturated rings. The van der Waals surface area contributed by atoms with E-state index in [-0.39, 0.29) is 12.1 Å². The number of amides is 1. The summed E-state index contributed by atoms with van der Waals surface area (Å²) in [5, 5.41) is 0. The number of ether oxygens (including phenoxy) is 2. The van der Waals surface area contributed by atoms with E-state index in [0.717, 1.165) is 24.6 Å². The molecule has 3 rings (SSSR count). The van der Waals surface area contributed by atoms with Crippen LogP contribution in [0.5, 0.6) is 5.75 Å². The Morgan fingerprint density at radius 1 is 1.35 bits per heavy atom. The first-order chi connectivity index (χ1) is 12.4. The average molecular weight is 360 g/mol. The number of pyridine rings is 1. The highest BCUT2D eigenvalue weighted by atomic mass is 16.6. The van der Waals surface area contributed by atoms with Crippen LogP contribution in [-0.4, -0.2) is 40.8 Å². The molecule has 3 unspecified atom stereocenters. The molecule has 26 heavy (non-hydrogen) atoms. The molecule has 144 valence electrons. The summed E-state index contributed by atoms with van der Waals surface area (Å²) in [5.41, 5.74) is 0.829. The monoisotopic (exact) mass is 360 g/mol.